The van der Waals surface area contributed by atoms with Crippen molar-refractivity contribution in [2.75, 3.05) is 0 Å². The molecule has 0 unspecified atom stereocenters. The first-order valence-electron chi connectivity index (χ1n) is 9.05. The van der Waals surface area contributed by atoms with Gasteiger partial charge in [0.15, 0.2) is 0 Å². The molecule has 0 bridgehead atoms. The molecule has 0 saturated heterocycles. The van der Waals surface area contributed by atoms with E-state index in [0.29, 0.717) is 9.52 Å². The number of unbranched alkanes of at least 4 members (excludes halogenated alkanes) is 12. The Morgan fingerprint density at radius 1 is 0.600 bits per heavy atom. The summed E-state index contributed by atoms with van der Waals surface area (Å²) in [5.74, 6) is 0. The lowest BCUT2D eigenvalue weighted by Crippen LogP contribution is -1.87. The zero-order valence-corrected chi connectivity index (χ0v) is 16.6. The lowest BCUT2D eigenvalue weighted by atomic mass is 10.0. The Balaban J connectivity index is 2.92. The van der Waals surface area contributed by atoms with E-state index in [1.54, 1.807) is 6.04 Å². The maximum atomic E-state index is 5.70. The largest absolute Gasteiger partial charge is 0.107 e. The van der Waals surface area contributed by atoms with E-state index in [-0.39, 0.29) is 4.84 Å². The molecule has 0 aromatic heterocycles. The second-order valence-electron chi connectivity index (χ2n) is 6.13. The first-order valence-corrected chi connectivity index (χ1v) is 12.3. The van der Waals surface area contributed by atoms with Crippen LogP contribution in [0.4, 0.5) is 0 Å². The van der Waals surface area contributed by atoms with Crippen LogP contribution in [-0.2, 0) is 0 Å². The van der Waals surface area contributed by atoms with Gasteiger partial charge in [0.2, 0.25) is 0 Å². The lowest BCUT2D eigenvalue weighted by molar-refractivity contribution is 0.537. The van der Waals surface area contributed by atoms with E-state index in [0.717, 1.165) is 6.42 Å². The molecule has 122 valence electrons. The summed E-state index contributed by atoms with van der Waals surface area (Å²) in [7, 11) is 0.335. The molecule has 0 fully saturated rings. The Morgan fingerprint density at radius 2 is 0.950 bits per heavy atom. The van der Waals surface area contributed by atoms with Crippen molar-refractivity contribution >= 4 is 32.7 Å². The molecule has 0 aliphatic carbocycles. The van der Waals surface area contributed by atoms with Crippen molar-refractivity contribution in [3.05, 3.63) is 0 Å². The molecule has 0 amide bonds. The molecule has 0 spiro atoms. The van der Waals surface area contributed by atoms with E-state index in [9.17, 15) is 0 Å². The quantitative estimate of drug-likeness (QED) is 0.163. The minimum absolute atomic E-state index is 0.154. The molecule has 3 heteroatoms. The number of alkyl halides is 2. The highest BCUT2D eigenvalue weighted by Gasteiger charge is 1.98. The van der Waals surface area contributed by atoms with Crippen LogP contribution in [0.25, 0.3) is 0 Å². The topological polar surface area (TPSA) is 0 Å². The van der Waals surface area contributed by atoms with Crippen LogP contribution in [0.1, 0.15) is 89.9 Å². The van der Waals surface area contributed by atoms with Crippen molar-refractivity contribution in [1.29, 1.82) is 0 Å². The summed E-state index contributed by atoms with van der Waals surface area (Å²) in [6, 6.07) is 1.57. The SMILES string of the molecule is C[SiH2]CCCCCCCCCCCCCCCC(Cl)Cl. The maximum Gasteiger partial charge on any atom is 0.107 e. The third kappa shape index (κ3) is 18.8. The molecular weight excluding hydrogens is 303 g/mol. The predicted molar refractivity (Wildman–Crippen MR) is 99.3 cm³/mol. The summed E-state index contributed by atoms with van der Waals surface area (Å²) < 4.78 is 0. The van der Waals surface area contributed by atoms with Gasteiger partial charge in [-0.3, -0.25) is 0 Å². The zero-order chi connectivity index (χ0) is 14.9. The summed E-state index contributed by atoms with van der Waals surface area (Å²) in [6.45, 7) is 2.42. The molecule has 0 rings (SSSR count). The van der Waals surface area contributed by atoms with Crippen molar-refractivity contribution < 1.29 is 0 Å². The number of rotatable bonds is 16. The smallest absolute Gasteiger partial charge is 0.105 e. The van der Waals surface area contributed by atoms with E-state index in [1.807, 2.05) is 0 Å². The van der Waals surface area contributed by atoms with Crippen LogP contribution < -0.4 is 0 Å². The van der Waals surface area contributed by atoms with Crippen LogP contribution in [0, 0.1) is 0 Å². The van der Waals surface area contributed by atoms with Crippen LogP contribution in [0.5, 0.6) is 0 Å². The highest BCUT2D eigenvalue weighted by molar-refractivity contribution is 6.44. The Kier molecular flexibility index (Phi) is 18.6. The predicted octanol–water partition coefficient (Wildman–Crippen LogP) is 6.89. The second kappa shape index (κ2) is 17.8. The van der Waals surface area contributed by atoms with Crippen molar-refractivity contribution in [3.8, 4) is 0 Å². The second-order valence-corrected chi connectivity index (χ2v) is 9.11. The van der Waals surface area contributed by atoms with Gasteiger partial charge in [0, 0.05) is 9.52 Å². The highest BCUT2D eigenvalue weighted by Crippen LogP contribution is 2.15. The van der Waals surface area contributed by atoms with Gasteiger partial charge in [0.1, 0.15) is 4.84 Å². The van der Waals surface area contributed by atoms with Gasteiger partial charge in [0.05, 0.1) is 0 Å². The van der Waals surface area contributed by atoms with Gasteiger partial charge in [-0.15, -0.1) is 23.2 Å². The zero-order valence-electron chi connectivity index (χ0n) is 13.6. The Labute approximate surface area is 140 Å². The number of hydrogen-bond acceptors (Lipinski definition) is 0. The molecule has 0 aromatic rings. The third-order valence-electron chi connectivity index (χ3n) is 4.03. The van der Waals surface area contributed by atoms with Gasteiger partial charge in [-0.2, -0.15) is 0 Å². The summed E-state index contributed by atoms with van der Waals surface area (Å²) in [4.78, 5) is -0.154. The van der Waals surface area contributed by atoms with Crippen LogP contribution in [0.3, 0.4) is 0 Å². The third-order valence-corrected chi connectivity index (χ3v) is 5.67. The number of hydrogen-bond donors (Lipinski definition) is 0. The van der Waals surface area contributed by atoms with Crippen LogP contribution in [0.2, 0.25) is 12.6 Å². The van der Waals surface area contributed by atoms with Gasteiger partial charge in [-0.05, 0) is 6.42 Å². The van der Waals surface area contributed by atoms with E-state index in [2.05, 4.69) is 6.55 Å². The fraction of sp³-hybridized carbons (Fsp3) is 1.00. The minimum atomic E-state index is -0.154. The first kappa shape index (κ1) is 20.8. The normalized spacial score (nSPS) is 12.0. The van der Waals surface area contributed by atoms with E-state index < -0.39 is 0 Å². The Morgan fingerprint density at radius 3 is 1.30 bits per heavy atom. The van der Waals surface area contributed by atoms with Crippen molar-refractivity contribution in [2.45, 2.75) is 107 Å². The van der Waals surface area contributed by atoms with Crippen LogP contribution in [-0.4, -0.2) is 14.4 Å². The minimum Gasteiger partial charge on any atom is -0.105 e. The fourth-order valence-electron chi connectivity index (χ4n) is 2.67. The average molecular weight is 339 g/mol. The molecular formula is C17H36Cl2Si. The van der Waals surface area contributed by atoms with E-state index in [4.69, 9.17) is 23.2 Å². The molecule has 0 N–H and O–H groups in total. The molecule has 0 atom stereocenters. The fourth-order valence-corrected chi connectivity index (χ4v) is 3.83. The van der Waals surface area contributed by atoms with Gasteiger partial charge >= 0.3 is 0 Å². The summed E-state index contributed by atoms with van der Waals surface area (Å²) in [5.41, 5.74) is 0. The Hall–Kier alpha value is 0.797. The van der Waals surface area contributed by atoms with Gasteiger partial charge < -0.3 is 0 Å². The highest BCUT2D eigenvalue weighted by atomic mass is 35.5. The monoisotopic (exact) mass is 338 g/mol. The molecule has 0 aliphatic rings. The van der Waals surface area contributed by atoms with Crippen molar-refractivity contribution in [3.63, 3.8) is 0 Å². The molecule has 0 nitrogen and oxygen atoms in total. The molecule has 0 aliphatic heterocycles. The Bertz CT molecular complexity index is 174. The van der Waals surface area contributed by atoms with E-state index in [1.165, 1.54) is 83.5 Å². The number of halogens is 2. The van der Waals surface area contributed by atoms with E-state index >= 15 is 0 Å². The molecule has 0 saturated carbocycles. The van der Waals surface area contributed by atoms with Gasteiger partial charge in [-0.25, -0.2) is 0 Å². The molecule has 0 heterocycles. The summed E-state index contributed by atoms with van der Waals surface area (Å²) in [5, 5.41) is 0. The van der Waals surface area contributed by atoms with Gasteiger partial charge in [-0.1, -0.05) is 96.1 Å². The summed E-state index contributed by atoms with van der Waals surface area (Å²) in [6.07, 6.45) is 19.4. The molecule has 0 aromatic carbocycles. The van der Waals surface area contributed by atoms with Crippen molar-refractivity contribution in [1.82, 2.24) is 0 Å². The maximum absolute atomic E-state index is 5.70. The van der Waals surface area contributed by atoms with Crippen molar-refractivity contribution in [2.24, 2.45) is 0 Å². The van der Waals surface area contributed by atoms with Crippen LogP contribution >= 0.6 is 23.2 Å². The lowest BCUT2D eigenvalue weighted by Gasteiger charge is -2.03. The molecule has 20 heavy (non-hydrogen) atoms. The first-order chi connectivity index (χ1) is 9.77. The average Bonchev–Trinajstić information content (AvgIpc) is 2.43. The molecule has 0 radical (unpaired) electrons. The van der Waals surface area contributed by atoms with Crippen LogP contribution in [0.15, 0.2) is 0 Å². The summed E-state index contributed by atoms with van der Waals surface area (Å²) >= 11 is 11.4. The standard InChI is InChI=1S/C17H36Cl2Si/c1-20-16-14-12-10-8-6-4-2-3-5-7-9-11-13-15-17(18)19/h17H,2-16,20H2,1H3. The van der Waals surface area contributed by atoms with Gasteiger partial charge in [0.25, 0.3) is 0 Å².